The number of rotatable bonds is 4. The Morgan fingerprint density at radius 2 is 1.36 bits per heavy atom. The van der Waals surface area contributed by atoms with Crippen LogP contribution in [0.1, 0.15) is 0 Å². The molecule has 160 valence electrons. The van der Waals surface area contributed by atoms with E-state index in [1.54, 1.807) is 0 Å². The van der Waals surface area contributed by atoms with Gasteiger partial charge in [0.1, 0.15) is 5.58 Å². The van der Waals surface area contributed by atoms with Gasteiger partial charge in [0.05, 0.1) is 5.58 Å². The van der Waals surface area contributed by atoms with Gasteiger partial charge < -0.3 is 9.15 Å². The van der Waals surface area contributed by atoms with Gasteiger partial charge in [-0.3, -0.25) is 9.97 Å². The van der Waals surface area contributed by atoms with E-state index in [4.69, 9.17) is 9.15 Å². The van der Waals surface area contributed by atoms with Crippen LogP contribution in [-0.2, 0) is 21.1 Å². The summed E-state index contributed by atoms with van der Waals surface area (Å²) in [6.45, 7) is 0. The topological polar surface area (TPSA) is 48.2 Å². The van der Waals surface area contributed by atoms with Crippen LogP contribution in [0.2, 0.25) is 0 Å². The minimum absolute atomic E-state index is 0. The monoisotopic (exact) mass is 607 g/mol. The molecule has 6 rings (SSSR count). The van der Waals surface area contributed by atoms with Crippen molar-refractivity contribution in [1.29, 1.82) is 0 Å². The molecule has 0 bridgehead atoms. The molecule has 0 aliphatic rings. The number of ether oxygens (including phenoxy) is 1. The zero-order chi connectivity index (χ0) is 21.3. The second-order valence-electron chi connectivity index (χ2n) is 7.32. The van der Waals surface area contributed by atoms with Crippen LogP contribution < -0.4 is 4.74 Å². The first-order valence-corrected chi connectivity index (χ1v) is 10.3. The molecule has 3 heterocycles. The minimum Gasteiger partial charge on any atom is -0.476 e. The Morgan fingerprint density at radius 1 is 0.636 bits per heavy atom. The number of hydrogen-bond acceptors (Lipinski definition) is 4. The molecule has 0 saturated heterocycles. The number of para-hydroxylation sites is 1. The zero-order valence-electron chi connectivity index (χ0n) is 17.3. The summed E-state index contributed by atoms with van der Waals surface area (Å²) < 4.78 is 12.0. The molecule has 5 heteroatoms. The summed E-state index contributed by atoms with van der Waals surface area (Å²) >= 11 is 0. The largest absolute Gasteiger partial charge is 2.00 e. The third kappa shape index (κ3) is 4.18. The molecule has 0 unspecified atom stereocenters. The van der Waals surface area contributed by atoms with E-state index < -0.39 is 0 Å². The Hall–Kier alpha value is -3.75. The summed E-state index contributed by atoms with van der Waals surface area (Å²) in [5, 5.41) is 2.12. The SMILES string of the molecule is [Pt+2].[c-]1ccccc1-c1cccc(Oc2cccc(-c3[c-]cc4c(c3)oc3ccccc34)n2)n1. The summed E-state index contributed by atoms with van der Waals surface area (Å²) in [6, 6.07) is 37.4. The second kappa shape index (κ2) is 9.01. The molecular weight excluding hydrogens is 591 g/mol. The second-order valence-corrected chi connectivity index (χ2v) is 7.32. The molecule has 0 aliphatic carbocycles. The standard InChI is InChI=1S/C28H16N2O2.Pt/c1-2-8-19(9-3-1)23-11-6-14-27(29-23)32-28-15-7-12-24(30-28)20-16-17-22-21-10-4-5-13-25(21)31-26(22)18-20;/h1-8,10-15,17-18H;/q-2;+2. The van der Waals surface area contributed by atoms with Gasteiger partial charge in [-0.05, 0) is 35.0 Å². The molecule has 6 aromatic rings. The first-order valence-electron chi connectivity index (χ1n) is 10.3. The molecule has 0 radical (unpaired) electrons. The predicted octanol–water partition coefficient (Wildman–Crippen LogP) is 7.10. The van der Waals surface area contributed by atoms with Gasteiger partial charge in [0, 0.05) is 0 Å². The van der Waals surface area contributed by atoms with Crippen molar-refractivity contribution in [2.75, 3.05) is 0 Å². The van der Waals surface area contributed by atoms with Crippen LogP contribution in [0.5, 0.6) is 11.8 Å². The molecule has 0 amide bonds. The number of furan rings is 1. The summed E-state index contributed by atoms with van der Waals surface area (Å²) in [4.78, 5) is 9.25. The van der Waals surface area contributed by atoms with Crippen LogP contribution in [0.15, 0.2) is 101 Å². The third-order valence-electron chi connectivity index (χ3n) is 5.23. The quantitative estimate of drug-likeness (QED) is 0.201. The van der Waals surface area contributed by atoms with E-state index in [0.717, 1.165) is 44.5 Å². The predicted molar refractivity (Wildman–Crippen MR) is 124 cm³/mol. The van der Waals surface area contributed by atoms with Crippen molar-refractivity contribution in [2.45, 2.75) is 0 Å². The molecule has 3 aromatic heterocycles. The van der Waals surface area contributed by atoms with Gasteiger partial charge in [-0.25, -0.2) is 0 Å². The van der Waals surface area contributed by atoms with E-state index in [2.05, 4.69) is 28.2 Å². The van der Waals surface area contributed by atoms with Crippen molar-refractivity contribution in [3.05, 3.63) is 109 Å². The van der Waals surface area contributed by atoms with Crippen LogP contribution in [0.3, 0.4) is 0 Å². The van der Waals surface area contributed by atoms with Crippen LogP contribution in [-0.4, -0.2) is 9.97 Å². The third-order valence-corrected chi connectivity index (χ3v) is 5.23. The first kappa shape index (κ1) is 21.1. The minimum atomic E-state index is 0. The van der Waals surface area contributed by atoms with Crippen LogP contribution in [0.25, 0.3) is 44.5 Å². The molecule has 4 nitrogen and oxygen atoms in total. The fraction of sp³-hybridized carbons (Fsp3) is 0. The number of fused-ring (bicyclic) bond motifs is 3. The van der Waals surface area contributed by atoms with E-state index in [-0.39, 0.29) is 21.1 Å². The Labute approximate surface area is 205 Å². The van der Waals surface area contributed by atoms with Crippen LogP contribution in [0, 0.1) is 12.1 Å². The summed E-state index contributed by atoms with van der Waals surface area (Å²) in [7, 11) is 0. The van der Waals surface area contributed by atoms with Gasteiger partial charge in [-0.15, -0.1) is 53.6 Å². The average Bonchev–Trinajstić information content (AvgIpc) is 3.23. The van der Waals surface area contributed by atoms with Gasteiger partial charge in [-0.1, -0.05) is 53.9 Å². The molecule has 0 fully saturated rings. The van der Waals surface area contributed by atoms with Gasteiger partial charge in [0.2, 0.25) is 11.8 Å². The van der Waals surface area contributed by atoms with Crippen molar-refractivity contribution >= 4 is 21.9 Å². The maximum absolute atomic E-state index is 6.00. The van der Waals surface area contributed by atoms with Gasteiger partial charge in [0.25, 0.3) is 0 Å². The Bertz CT molecular complexity index is 1560. The number of aromatic nitrogens is 2. The molecule has 0 atom stereocenters. The molecule has 0 saturated carbocycles. The van der Waals surface area contributed by atoms with E-state index in [1.807, 2.05) is 91.0 Å². The van der Waals surface area contributed by atoms with Crippen molar-refractivity contribution in [3.63, 3.8) is 0 Å². The van der Waals surface area contributed by atoms with E-state index in [9.17, 15) is 0 Å². The number of nitrogens with zero attached hydrogens (tertiary/aromatic N) is 2. The van der Waals surface area contributed by atoms with Crippen LogP contribution >= 0.6 is 0 Å². The van der Waals surface area contributed by atoms with Crippen molar-refractivity contribution in [2.24, 2.45) is 0 Å². The number of pyridine rings is 2. The summed E-state index contributed by atoms with van der Waals surface area (Å²) in [6.07, 6.45) is 0. The van der Waals surface area contributed by atoms with Crippen molar-refractivity contribution in [3.8, 4) is 34.3 Å². The summed E-state index contributed by atoms with van der Waals surface area (Å²) in [5.74, 6) is 0.934. The molecular formula is C28H16N2O2Pt. The first-order chi connectivity index (χ1) is 15.8. The fourth-order valence-corrected chi connectivity index (χ4v) is 3.71. The fourth-order valence-electron chi connectivity index (χ4n) is 3.71. The van der Waals surface area contributed by atoms with Gasteiger partial charge in [-0.2, -0.15) is 0 Å². The average molecular weight is 608 g/mol. The van der Waals surface area contributed by atoms with Crippen molar-refractivity contribution in [1.82, 2.24) is 9.97 Å². The summed E-state index contributed by atoms with van der Waals surface area (Å²) in [5.41, 5.74) is 4.96. The van der Waals surface area contributed by atoms with E-state index in [0.29, 0.717) is 11.8 Å². The maximum Gasteiger partial charge on any atom is 2.00 e. The Morgan fingerprint density at radius 3 is 2.12 bits per heavy atom. The smallest absolute Gasteiger partial charge is 0.476 e. The maximum atomic E-state index is 6.00. The van der Waals surface area contributed by atoms with Crippen molar-refractivity contribution < 1.29 is 30.2 Å². The van der Waals surface area contributed by atoms with E-state index in [1.165, 1.54) is 0 Å². The molecule has 0 aliphatic heterocycles. The molecule has 0 spiro atoms. The Kier molecular flexibility index (Phi) is 5.76. The Balaban J connectivity index is 0.00000228. The number of benzene rings is 3. The molecule has 33 heavy (non-hydrogen) atoms. The van der Waals surface area contributed by atoms with Gasteiger partial charge >= 0.3 is 21.1 Å². The zero-order valence-corrected chi connectivity index (χ0v) is 19.5. The normalized spacial score (nSPS) is 10.8. The van der Waals surface area contributed by atoms with Crippen LogP contribution in [0.4, 0.5) is 0 Å². The van der Waals surface area contributed by atoms with E-state index >= 15 is 0 Å². The van der Waals surface area contributed by atoms with Gasteiger partial charge in [0.15, 0.2) is 0 Å². The number of hydrogen-bond donors (Lipinski definition) is 0. The molecule has 3 aromatic carbocycles. The molecule has 0 N–H and O–H groups in total.